The van der Waals surface area contributed by atoms with Crippen molar-refractivity contribution in [3.8, 4) is 0 Å². The molecule has 2 aromatic rings. The van der Waals surface area contributed by atoms with Crippen molar-refractivity contribution < 1.29 is 4.79 Å². The van der Waals surface area contributed by atoms with Crippen molar-refractivity contribution in [2.45, 2.75) is 36.7 Å². The van der Waals surface area contributed by atoms with Crippen LogP contribution in [0.3, 0.4) is 0 Å². The van der Waals surface area contributed by atoms with Crippen LogP contribution < -0.4 is 0 Å². The smallest absolute Gasteiger partial charge is 0.273 e. The van der Waals surface area contributed by atoms with Crippen LogP contribution in [-0.4, -0.2) is 62.6 Å². The van der Waals surface area contributed by atoms with Gasteiger partial charge in [-0.15, -0.1) is 11.3 Å². The van der Waals surface area contributed by atoms with E-state index in [0.717, 1.165) is 48.3 Å². The third-order valence-corrected chi connectivity index (χ3v) is 7.10. The SMILES string of the molecule is CSc1nc(C(=O)N2C[C@@H]3CC[C@H]2CN(Cc2nc[nH]c2C)C3)cs1. The Bertz CT molecular complexity index is 758. The molecule has 0 spiro atoms. The van der Waals surface area contributed by atoms with Gasteiger partial charge < -0.3 is 9.88 Å². The number of H-pyrrole nitrogens is 1. The van der Waals surface area contributed by atoms with E-state index in [1.54, 1.807) is 29.4 Å². The van der Waals surface area contributed by atoms with Gasteiger partial charge in [0.25, 0.3) is 5.91 Å². The summed E-state index contributed by atoms with van der Waals surface area (Å²) >= 11 is 3.15. The van der Waals surface area contributed by atoms with Crippen LogP contribution in [0.1, 0.15) is 34.7 Å². The van der Waals surface area contributed by atoms with Gasteiger partial charge in [-0.05, 0) is 31.9 Å². The summed E-state index contributed by atoms with van der Waals surface area (Å²) < 4.78 is 0.957. The van der Waals surface area contributed by atoms with Crippen LogP contribution in [0.4, 0.5) is 0 Å². The van der Waals surface area contributed by atoms with E-state index in [9.17, 15) is 4.79 Å². The topological polar surface area (TPSA) is 65.1 Å². The van der Waals surface area contributed by atoms with Crippen molar-refractivity contribution >= 4 is 29.0 Å². The molecule has 0 aliphatic carbocycles. The molecule has 134 valence electrons. The van der Waals surface area contributed by atoms with Crippen LogP contribution in [0, 0.1) is 12.8 Å². The van der Waals surface area contributed by atoms with Crippen LogP contribution in [0.2, 0.25) is 0 Å². The van der Waals surface area contributed by atoms with Crippen molar-refractivity contribution in [1.82, 2.24) is 24.8 Å². The summed E-state index contributed by atoms with van der Waals surface area (Å²) in [4.78, 5) is 29.6. The Morgan fingerprint density at radius 1 is 1.40 bits per heavy atom. The van der Waals surface area contributed by atoms with Crippen LogP contribution in [-0.2, 0) is 6.54 Å². The van der Waals surface area contributed by atoms with Gasteiger partial charge >= 0.3 is 0 Å². The summed E-state index contributed by atoms with van der Waals surface area (Å²) in [5, 5.41) is 1.90. The van der Waals surface area contributed by atoms with E-state index in [1.807, 2.05) is 11.6 Å². The second-order valence-electron chi connectivity index (χ2n) is 6.93. The molecule has 0 aromatic carbocycles. The third kappa shape index (κ3) is 3.47. The molecule has 25 heavy (non-hydrogen) atoms. The molecule has 8 heteroatoms. The van der Waals surface area contributed by atoms with Gasteiger partial charge in [-0.1, -0.05) is 11.8 Å². The highest BCUT2D eigenvalue weighted by Gasteiger charge is 2.38. The minimum absolute atomic E-state index is 0.101. The molecular formula is C17H23N5OS2. The summed E-state index contributed by atoms with van der Waals surface area (Å²) in [6, 6.07) is 0.282. The Balaban J connectivity index is 1.49. The Labute approximate surface area is 156 Å². The van der Waals surface area contributed by atoms with Gasteiger partial charge in [0.2, 0.25) is 0 Å². The van der Waals surface area contributed by atoms with Gasteiger partial charge in [-0.25, -0.2) is 9.97 Å². The first-order valence-corrected chi connectivity index (χ1v) is 10.8. The molecule has 3 aliphatic rings. The minimum atomic E-state index is 0.101. The zero-order valence-electron chi connectivity index (χ0n) is 14.6. The minimum Gasteiger partial charge on any atom is -0.348 e. The van der Waals surface area contributed by atoms with Crippen LogP contribution >= 0.6 is 23.1 Å². The highest BCUT2D eigenvalue weighted by molar-refractivity contribution is 8.00. The molecule has 2 aromatic heterocycles. The number of carbonyl (C=O) groups is 1. The summed E-state index contributed by atoms with van der Waals surface area (Å²) in [5.41, 5.74) is 2.86. The highest BCUT2D eigenvalue weighted by atomic mass is 32.2. The summed E-state index contributed by atoms with van der Waals surface area (Å²) in [6.45, 7) is 5.74. The number of nitrogens with zero attached hydrogens (tertiary/aromatic N) is 4. The average molecular weight is 378 g/mol. The first kappa shape index (κ1) is 17.1. The predicted octanol–water partition coefficient (Wildman–Crippen LogP) is 2.63. The number of imidazole rings is 1. The number of hydrogen-bond donors (Lipinski definition) is 1. The first-order chi connectivity index (χ1) is 12.1. The molecule has 0 radical (unpaired) electrons. The Kier molecular flexibility index (Phi) is 4.84. The zero-order valence-corrected chi connectivity index (χ0v) is 16.2. The molecule has 5 heterocycles. The number of amides is 1. The molecule has 1 N–H and O–H groups in total. The second kappa shape index (κ2) is 7.09. The molecule has 5 rings (SSSR count). The quantitative estimate of drug-likeness (QED) is 0.830. The van der Waals surface area contributed by atoms with Gasteiger partial charge in [0.1, 0.15) is 10.0 Å². The van der Waals surface area contributed by atoms with Gasteiger partial charge in [-0.2, -0.15) is 0 Å². The maximum absolute atomic E-state index is 13.0. The average Bonchev–Trinajstić information content (AvgIpc) is 3.15. The molecule has 3 aliphatic heterocycles. The van der Waals surface area contributed by atoms with Crippen LogP contribution in [0.15, 0.2) is 16.0 Å². The van der Waals surface area contributed by atoms with E-state index < -0.39 is 0 Å². The number of fused-ring (bicyclic) bond motifs is 4. The third-order valence-electron chi connectivity index (χ3n) is 5.23. The molecule has 0 saturated carbocycles. The number of thiazole rings is 1. The van der Waals surface area contributed by atoms with E-state index in [0.29, 0.717) is 11.6 Å². The number of hydrogen-bond acceptors (Lipinski definition) is 6. The number of aromatic amines is 1. The summed E-state index contributed by atoms with van der Waals surface area (Å²) in [5.74, 6) is 0.643. The number of aryl methyl sites for hydroxylation is 1. The van der Waals surface area contributed by atoms with Crippen molar-refractivity contribution in [3.05, 3.63) is 28.8 Å². The maximum atomic E-state index is 13.0. The second-order valence-corrected chi connectivity index (χ2v) is 8.84. The van der Waals surface area contributed by atoms with Crippen molar-refractivity contribution in [2.24, 2.45) is 5.92 Å². The van der Waals surface area contributed by atoms with Crippen molar-refractivity contribution in [1.29, 1.82) is 0 Å². The fourth-order valence-electron chi connectivity index (χ4n) is 3.91. The fourth-order valence-corrected chi connectivity index (χ4v) is 5.15. The lowest BCUT2D eigenvalue weighted by Crippen LogP contribution is -2.47. The fraction of sp³-hybridized carbons (Fsp3) is 0.588. The molecule has 6 nitrogen and oxygen atoms in total. The lowest BCUT2D eigenvalue weighted by atomic mass is 9.95. The number of carbonyl (C=O) groups excluding carboxylic acids is 1. The Morgan fingerprint density at radius 3 is 3.00 bits per heavy atom. The maximum Gasteiger partial charge on any atom is 0.273 e. The van der Waals surface area contributed by atoms with Crippen molar-refractivity contribution in [3.63, 3.8) is 0 Å². The molecule has 0 unspecified atom stereocenters. The van der Waals surface area contributed by atoms with Gasteiger partial charge in [0, 0.05) is 43.3 Å². The predicted molar refractivity (Wildman–Crippen MR) is 100 cm³/mol. The van der Waals surface area contributed by atoms with E-state index in [1.165, 1.54) is 6.42 Å². The van der Waals surface area contributed by atoms with Gasteiger partial charge in [0.15, 0.2) is 0 Å². The summed E-state index contributed by atoms with van der Waals surface area (Å²) in [7, 11) is 0. The number of piperidine rings is 1. The number of aromatic nitrogens is 3. The van der Waals surface area contributed by atoms with Crippen molar-refractivity contribution in [2.75, 3.05) is 25.9 Å². The Morgan fingerprint density at radius 2 is 2.28 bits per heavy atom. The molecule has 1 amide bonds. The number of nitrogens with one attached hydrogen (secondary N) is 1. The monoisotopic (exact) mass is 377 g/mol. The standard InChI is InChI=1S/C17H23N5OS2/c1-11-14(19-10-18-11)8-21-5-12-3-4-13(7-21)22(6-12)16(23)15-9-25-17(20-15)24-2/h9-10,12-13H,3-8H2,1-2H3,(H,18,19)/t12-,13+/m1/s1. The Hall–Kier alpha value is -1.38. The van der Waals surface area contributed by atoms with E-state index in [4.69, 9.17) is 0 Å². The summed E-state index contributed by atoms with van der Waals surface area (Å²) in [6.07, 6.45) is 6.05. The van der Waals surface area contributed by atoms with E-state index >= 15 is 0 Å². The molecule has 3 fully saturated rings. The first-order valence-electron chi connectivity index (χ1n) is 8.65. The normalized spacial score (nSPS) is 23.8. The van der Waals surface area contributed by atoms with E-state index in [2.05, 4.69) is 31.7 Å². The molecular weight excluding hydrogens is 354 g/mol. The lowest BCUT2D eigenvalue weighted by molar-refractivity contribution is 0.0579. The molecule has 3 saturated heterocycles. The molecule has 2 bridgehead atoms. The van der Waals surface area contributed by atoms with Gasteiger partial charge in [-0.3, -0.25) is 9.69 Å². The van der Waals surface area contributed by atoms with E-state index in [-0.39, 0.29) is 11.9 Å². The van der Waals surface area contributed by atoms with Gasteiger partial charge in [0.05, 0.1) is 12.0 Å². The number of rotatable bonds is 4. The van der Waals surface area contributed by atoms with Crippen LogP contribution in [0.25, 0.3) is 0 Å². The largest absolute Gasteiger partial charge is 0.348 e. The lowest BCUT2D eigenvalue weighted by Gasteiger charge is -2.35. The van der Waals surface area contributed by atoms with Crippen LogP contribution in [0.5, 0.6) is 0 Å². The highest BCUT2D eigenvalue weighted by Crippen LogP contribution is 2.30. The zero-order chi connectivity index (χ0) is 17.4. The number of thioether (sulfide) groups is 1. The molecule has 2 atom stereocenters.